The van der Waals surface area contributed by atoms with Gasteiger partial charge in [-0.1, -0.05) is 378 Å². The second-order valence-electron chi connectivity index (χ2n) is 25.2. The molecular formula is C76H142O6. The predicted octanol–water partition coefficient (Wildman–Crippen LogP) is 25.5. The first-order valence-corrected chi connectivity index (χ1v) is 37.0. The second-order valence-corrected chi connectivity index (χ2v) is 25.2. The van der Waals surface area contributed by atoms with Gasteiger partial charge in [0.2, 0.25) is 0 Å². The quantitative estimate of drug-likeness (QED) is 0.0261. The van der Waals surface area contributed by atoms with Crippen LogP contribution in [0.15, 0.2) is 36.5 Å². The van der Waals surface area contributed by atoms with Crippen LogP contribution in [0.3, 0.4) is 0 Å². The summed E-state index contributed by atoms with van der Waals surface area (Å²) in [4.78, 5) is 38.4. The number of allylic oxidation sites excluding steroid dienone is 6. The smallest absolute Gasteiger partial charge is 0.306 e. The fourth-order valence-corrected chi connectivity index (χ4v) is 11.4. The second kappa shape index (κ2) is 71.1. The average molecular weight is 1150 g/mol. The maximum absolute atomic E-state index is 12.9. The van der Waals surface area contributed by atoms with Gasteiger partial charge in [0.25, 0.3) is 0 Å². The van der Waals surface area contributed by atoms with E-state index in [0.29, 0.717) is 19.3 Å². The fourth-order valence-electron chi connectivity index (χ4n) is 11.4. The molecule has 0 fully saturated rings. The Morgan fingerprint density at radius 3 is 0.744 bits per heavy atom. The summed E-state index contributed by atoms with van der Waals surface area (Å²) in [6, 6.07) is 0. The highest BCUT2D eigenvalue weighted by atomic mass is 16.6. The third-order valence-electron chi connectivity index (χ3n) is 16.9. The molecule has 0 N–H and O–H groups in total. The third-order valence-corrected chi connectivity index (χ3v) is 16.9. The van der Waals surface area contributed by atoms with Gasteiger partial charge < -0.3 is 14.2 Å². The number of esters is 3. The summed E-state index contributed by atoms with van der Waals surface area (Å²) in [6.07, 6.45) is 89.1. The zero-order valence-corrected chi connectivity index (χ0v) is 55.5. The van der Waals surface area contributed by atoms with Crippen molar-refractivity contribution in [3.63, 3.8) is 0 Å². The van der Waals surface area contributed by atoms with E-state index in [-0.39, 0.29) is 31.1 Å². The van der Waals surface area contributed by atoms with Crippen LogP contribution in [-0.4, -0.2) is 37.2 Å². The number of ether oxygens (including phenoxy) is 3. The number of carbonyl (C=O) groups is 3. The van der Waals surface area contributed by atoms with Crippen LogP contribution in [0, 0.1) is 0 Å². The Bertz CT molecular complexity index is 1370. The van der Waals surface area contributed by atoms with Gasteiger partial charge in [0, 0.05) is 19.3 Å². The van der Waals surface area contributed by atoms with Gasteiger partial charge in [0.15, 0.2) is 6.10 Å². The van der Waals surface area contributed by atoms with Gasteiger partial charge in [0.1, 0.15) is 13.2 Å². The summed E-state index contributed by atoms with van der Waals surface area (Å²) < 4.78 is 17.0. The first-order valence-electron chi connectivity index (χ1n) is 37.0. The van der Waals surface area contributed by atoms with Crippen LogP contribution in [0.2, 0.25) is 0 Å². The lowest BCUT2D eigenvalue weighted by Crippen LogP contribution is -2.30. The van der Waals surface area contributed by atoms with Crippen molar-refractivity contribution < 1.29 is 28.6 Å². The van der Waals surface area contributed by atoms with Crippen LogP contribution < -0.4 is 0 Å². The number of hydrogen-bond acceptors (Lipinski definition) is 6. The molecule has 6 heteroatoms. The van der Waals surface area contributed by atoms with E-state index in [9.17, 15) is 14.4 Å². The first-order chi connectivity index (χ1) is 40.5. The molecule has 0 radical (unpaired) electrons. The zero-order valence-electron chi connectivity index (χ0n) is 55.5. The summed E-state index contributed by atoms with van der Waals surface area (Å²) in [7, 11) is 0. The van der Waals surface area contributed by atoms with E-state index in [2.05, 4.69) is 57.2 Å². The van der Waals surface area contributed by atoms with Crippen LogP contribution in [-0.2, 0) is 28.6 Å². The summed E-state index contributed by atoms with van der Waals surface area (Å²) in [6.45, 7) is 6.60. The molecule has 0 aromatic carbocycles. The molecule has 0 saturated heterocycles. The Morgan fingerprint density at radius 2 is 0.476 bits per heavy atom. The van der Waals surface area contributed by atoms with Crippen LogP contribution in [0.4, 0.5) is 0 Å². The van der Waals surface area contributed by atoms with Gasteiger partial charge in [0.05, 0.1) is 0 Å². The van der Waals surface area contributed by atoms with Crippen LogP contribution >= 0.6 is 0 Å². The van der Waals surface area contributed by atoms with Gasteiger partial charge >= 0.3 is 17.9 Å². The number of carbonyl (C=O) groups excluding carboxylic acids is 3. The molecule has 0 bridgehead atoms. The van der Waals surface area contributed by atoms with Crippen molar-refractivity contribution >= 4 is 17.9 Å². The molecular weight excluding hydrogens is 1010 g/mol. The van der Waals surface area contributed by atoms with Crippen molar-refractivity contribution in [3.05, 3.63) is 36.5 Å². The van der Waals surface area contributed by atoms with E-state index in [4.69, 9.17) is 14.2 Å². The molecule has 0 aliphatic rings. The fraction of sp³-hybridized carbons (Fsp3) is 0.882. The molecule has 0 amide bonds. The summed E-state index contributed by atoms with van der Waals surface area (Å²) in [5.41, 5.74) is 0. The lowest BCUT2D eigenvalue weighted by molar-refractivity contribution is -0.167. The van der Waals surface area contributed by atoms with E-state index in [0.717, 1.165) is 83.5 Å². The van der Waals surface area contributed by atoms with Gasteiger partial charge in [-0.05, 0) is 51.4 Å². The van der Waals surface area contributed by atoms with Crippen molar-refractivity contribution in [2.75, 3.05) is 13.2 Å². The molecule has 0 rings (SSSR count). The predicted molar refractivity (Wildman–Crippen MR) is 358 cm³/mol. The molecule has 1 atom stereocenters. The van der Waals surface area contributed by atoms with Gasteiger partial charge in [-0.3, -0.25) is 14.4 Å². The average Bonchev–Trinajstić information content (AvgIpc) is 3.47. The lowest BCUT2D eigenvalue weighted by atomic mass is 10.0. The molecule has 82 heavy (non-hydrogen) atoms. The number of hydrogen-bond donors (Lipinski definition) is 0. The van der Waals surface area contributed by atoms with E-state index >= 15 is 0 Å². The van der Waals surface area contributed by atoms with Crippen LogP contribution in [0.1, 0.15) is 412 Å². The maximum atomic E-state index is 12.9. The molecule has 482 valence electrons. The third kappa shape index (κ3) is 68.4. The van der Waals surface area contributed by atoms with Crippen molar-refractivity contribution in [2.45, 2.75) is 419 Å². The Morgan fingerprint density at radius 1 is 0.256 bits per heavy atom. The van der Waals surface area contributed by atoms with Gasteiger partial charge in [-0.25, -0.2) is 0 Å². The molecule has 0 aromatic heterocycles. The van der Waals surface area contributed by atoms with E-state index in [1.165, 1.54) is 289 Å². The van der Waals surface area contributed by atoms with Crippen LogP contribution in [0.5, 0.6) is 0 Å². The van der Waals surface area contributed by atoms with Crippen molar-refractivity contribution in [2.24, 2.45) is 0 Å². The van der Waals surface area contributed by atoms with E-state index < -0.39 is 6.10 Å². The standard InChI is InChI=1S/C76H142O6/c1-4-7-10-13-16-19-22-25-28-30-31-32-33-34-35-36-37-38-39-40-41-42-43-44-46-48-51-54-57-60-63-66-69-75(78)81-72-73(71-80-74(77)68-65-62-59-56-53-50-47-27-24-21-18-15-12-9-6-3)82-76(79)70-67-64-61-58-55-52-49-45-29-26-23-20-17-14-11-8-5-2/h8,11,17,20,26,29,73H,4-7,9-10,12-16,18-19,21-25,27-28,30-72H2,1-3H3/b11-8-,20-17-,29-26-. The maximum Gasteiger partial charge on any atom is 0.306 e. The number of unbranched alkanes of at least 4 members (excludes halogenated alkanes) is 52. The lowest BCUT2D eigenvalue weighted by Gasteiger charge is -2.18. The molecule has 1 unspecified atom stereocenters. The first kappa shape index (κ1) is 79.6. The normalized spacial score (nSPS) is 12.2. The van der Waals surface area contributed by atoms with Crippen molar-refractivity contribution in [3.8, 4) is 0 Å². The van der Waals surface area contributed by atoms with Crippen molar-refractivity contribution in [1.29, 1.82) is 0 Å². The highest BCUT2D eigenvalue weighted by Gasteiger charge is 2.20. The summed E-state index contributed by atoms with van der Waals surface area (Å²) in [5, 5.41) is 0. The minimum atomic E-state index is -0.775. The molecule has 0 aliphatic carbocycles. The molecule has 0 heterocycles. The molecule has 6 nitrogen and oxygen atoms in total. The highest BCUT2D eigenvalue weighted by Crippen LogP contribution is 2.19. The van der Waals surface area contributed by atoms with Crippen LogP contribution in [0.25, 0.3) is 0 Å². The topological polar surface area (TPSA) is 78.9 Å². The monoisotopic (exact) mass is 1150 g/mol. The Hall–Kier alpha value is -2.37. The SMILES string of the molecule is CC/C=C\C/C=C\C/C=C\CCCCCCCCCC(=O)OC(COC(=O)CCCCCCCCCCCCCCCCC)COC(=O)CCCCCCCCCCCCCCCCCCCCCCCCCCCCCCCCCC. The molecule has 0 saturated carbocycles. The summed E-state index contributed by atoms with van der Waals surface area (Å²) >= 11 is 0. The Labute approximate surface area is 512 Å². The van der Waals surface area contributed by atoms with Crippen molar-refractivity contribution in [1.82, 2.24) is 0 Å². The highest BCUT2D eigenvalue weighted by molar-refractivity contribution is 5.71. The zero-order chi connectivity index (χ0) is 59.2. The van der Waals surface area contributed by atoms with Gasteiger partial charge in [-0.15, -0.1) is 0 Å². The van der Waals surface area contributed by atoms with E-state index in [1.807, 2.05) is 0 Å². The molecule has 0 aliphatic heterocycles. The van der Waals surface area contributed by atoms with Gasteiger partial charge in [-0.2, -0.15) is 0 Å². The minimum Gasteiger partial charge on any atom is -0.462 e. The van der Waals surface area contributed by atoms with E-state index in [1.54, 1.807) is 0 Å². The summed E-state index contributed by atoms with van der Waals surface area (Å²) in [5.74, 6) is -0.850. The molecule has 0 spiro atoms. The Balaban J connectivity index is 4.13. The minimum absolute atomic E-state index is 0.0705. The number of rotatable bonds is 69. The molecule has 0 aromatic rings. The largest absolute Gasteiger partial charge is 0.462 e. The Kier molecular flexibility index (Phi) is 69.1.